The molecule has 1 aromatic carbocycles. The number of rotatable bonds is 5. The second-order valence-corrected chi connectivity index (χ2v) is 8.64. The van der Waals surface area contributed by atoms with E-state index in [1.54, 1.807) is 6.07 Å². The molecule has 164 valence electrons. The predicted molar refractivity (Wildman–Crippen MR) is 117 cm³/mol. The molecule has 3 amide bonds. The van der Waals surface area contributed by atoms with Crippen molar-refractivity contribution in [3.8, 4) is 0 Å². The fourth-order valence-corrected chi connectivity index (χ4v) is 4.82. The first-order chi connectivity index (χ1) is 14.9. The maximum atomic E-state index is 13.2. The van der Waals surface area contributed by atoms with E-state index in [4.69, 9.17) is 11.6 Å². The van der Waals surface area contributed by atoms with E-state index >= 15 is 0 Å². The zero-order valence-electron chi connectivity index (χ0n) is 17.4. The van der Waals surface area contributed by atoms with Gasteiger partial charge in [0.15, 0.2) is 5.69 Å². The summed E-state index contributed by atoms with van der Waals surface area (Å²) < 4.78 is 0. The van der Waals surface area contributed by atoms with Gasteiger partial charge in [-0.15, -0.1) is 0 Å². The normalized spacial score (nSPS) is 23.2. The van der Waals surface area contributed by atoms with Crippen LogP contribution in [0.5, 0.6) is 0 Å². The van der Waals surface area contributed by atoms with Crippen LogP contribution in [0, 0.1) is 5.41 Å². The van der Waals surface area contributed by atoms with Crippen LogP contribution in [0.1, 0.15) is 60.0 Å². The van der Waals surface area contributed by atoms with Gasteiger partial charge in [-0.05, 0) is 57.2 Å². The fraction of sp³-hybridized carbons (Fsp3) is 0.455. The minimum Gasteiger partial charge on any atom is -0.351 e. The molecular formula is C22H26ClN5O3. The van der Waals surface area contributed by atoms with Crippen LogP contribution in [0.25, 0.3) is 0 Å². The molecule has 2 fully saturated rings. The van der Waals surface area contributed by atoms with Gasteiger partial charge in [-0.3, -0.25) is 14.4 Å². The summed E-state index contributed by atoms with van der Waals surface area (Å²) in [6, 6.07) is 7.33. The van der Waals surface area contributed by atoms with Gasteiger partial charge in [-0.1, -0.05) is 17.7 Å². The van der Waals surface area contributed by atoms with Gasteiger partial charge >= 0.3 is 0 Å². The molecule has 2 aromatic rings. The summed E-state index contributed by atoms with van der Waals surface area (Å²) in [6.45, 7) is 2.95. The number of H-pyrrole nitrogens is 1. The van der Waals surface area contributed by atoms with E-state index in [9.17, 15) is 14.4 Å². The molecule has 1 spiro atoms. The maximum absolute atomic E-state index is 13.2. The van der Waals surface area contributed by atoms with E-state index in [0.29, 0.717) is 31.0 Å². The minimum atomic E-state index is -0.373. The lowest BCUT2D eigenvalue weighted by Gasteiger charge is -2.36. The van der Waals surface area contributed by atoms with Crippen molar-refractivity contribution in [1.82, 2.24) is 20.6 Å². The Hall–Kier alpha value is -2.87. The van der Waals surface area contributed by atoms with Gasteiger partial charge in [0.25, 0.3) is 11.8 Å². The van der Waals surface area contributed by atoms with Crippen molar-refractivity contribution in [2.24, 2.45) is 5.41 Å². The molecule has 1 aliphatic heterocycles. The van der Waals surface area contributed by atoms with Crippen LogP contribution in [0.3, 0.4) is 0 Å². The Morgan fingerprint density at radius 2 is 2.03 bits per heavy atom. The molecule has 2 aliphatic rings. The highest BCUT2D eigenvalue weighted by Gasteiger charge is 2.48. The first-order valence-electron chi connectivity index (χ1n) is 10.6. The number of amides is 3. The Labute approximate surface area is 185 Å². The average Bonchev–Trinajstić information content (AvgIpc) is 3.36. The highest BCUT2D eigenvalue weighted by Crippen LogP contribution is 2.46. The number of aromatic nitrogens is 2. The van der Waals surface area contributed by atoms with Gasteiger partial charge in [-0.2, -0.15) is 0 Å². The van der Waals surface area contributed by atoms with Crippen molar-refractivity contribution >= 4 is 35.0 Å². The summed E-state index contributed by atoms with van der Waals surface area (Å²) in [5, 5.41) is 6.27. The van der Waals surface area contributed by atoms with Crippen molar-refractivity contribution in [2.75, 3.05) is 18.0 Å². The second-order valence-electron chi connectivity index (χ2n) is 8.20. The number of hydrogen-bond acceptors (Lipinski definition) is 4. The number of halogens is 1. The Bertz CT molecular complexity index is 997. The van der Waals surface area contributed by atoms with Gasteiger partial charge < -0.3 is 20.5 Å². The van der Waals surface area contributed by atoms with Gasteiger partial charge in [0, 0.05) is 29.8 Å². The maximum Gasteiger partial charge on any atom is 0.272 e. The zero-order chi connectivity index (χ0) is 22.0. The first kappa shape index (κ1) is 21.4. The summed E-state index contributed by atoms with van der Waals surface area (Å²) in [6.07, 6.45) is 5.01. The van der Waals surface area contributed by atoms with Gasteiger partial charge in [0.1, 0.15) is 5.69 Å². The van der Waals surface area contributed by atoms with Crippen LogP contribution in [0.15, 0.2) is 30.6 Å². The number of carbonyl (C=O) groups is 3. The summed E-state index contributed by atoms with van der Waals surface area (Å²) in [5.41, 5.74) is 0.716. The van der Waals surface area contributed by atoms with Crippen molar-refractivity contribution in [3.63, 3.8) is 0 Å². The lowest BCUT2D eigenvalue weighted by atomic mass is 9.71. The van der Waals surface area contributed by atoms with E-state index in [1.165, 1.54) is 6.33 Å². The minimum absolute atomic E-state index is 0.0510. The molecule has 0 unspecified atom stereocenters. The molecule has 0 atom stereocenters. The second kappa shape index (κ2) is 8.70. The number of benzene rings is 1. The molecule has 1 aliphatic carbocycles. The predicted octanol–water partition coefficient (Wildman–Crippen LogP) is 2.91. The van der Waals surface area contributed by atoms with Crippen molar-refractivity contribution in [1.29, 1.82) is 0 Å². The van der Waals surface area contributed by atoms with Crippen LogP contribution >= 0.6 is 11.6 Å². The van der Waals surface area contributed by atoms with E-state index in [1.807, 2.05) is 30.0 Å². The number of nitrogens with zero attached hydrogens (tertiary/aromatic N) is 2. The fourth-order valence-electron chi connectivity index (χ4n) is 4.63. The number of imidazole rings is 1. The molecule has 1 saturated carbocycles. The topological polar surface area (TPSA) is 107 Å². The Morgan fingerprint density at radius 3 is 2.74 bits per heavy atom. The van der Waals surface area contributed by atoms with Crippen LogP contribution < -0.4 is 15.5 Å². The third-order valence-electron chi connectivity index (χ3n) is 6.33. The summed E-state index contributed by atoms with van der Waals surface area (Å²) in [5.74, 6) is -0.586. The Kier molecular flexibility index (Phi) is 6.00. The third-order valence-corrected chi connectivity index (χ3v) is 6.56. The monoisotopic (exact) mass is 443 g/mol. The largest absolute Gasteiger partial charge is 0.351 e. The number of hydrogen-bond donors (Lipinski definition) is 3. The van der Waals surface area contributed by atoms with Gasteiger partial charge in [-0.25, -0.2) is 4.98 Å². The zero-order valence-corrected chi connectivity index (χ0v) is 18.2. The lowest BCUT2D eigenvalue weighted by molar-refractivity contribution is -0.127. The standard InChI is InChI=1S/C22H26ClN5O3/c1-2-24-19(29)17-18(26-13-25-17)20(30)27-15-6-8-22(9-7-15)10-11-28(21(22)31)16-5-3-4-14(23)12-16/h3-5,12-13,15H,2,6-11H2,1H3,(H,24,29)(H,25,26)(H,27,30). The van der Waals surface area contributed by atoms with Gasteiger partial charge in [0.2, 0.25) is 5.91 Å². The van der Waals surface area contributed by atoms with Crippen LogP contribution in [-0.4, -0.2) is 46.8 Å². The molecule has 9 heteroatoms. The van der Waals surface area contributed by atoms with Gasteiger partial charge in [0.05, 0.1) is 11.7 Å². The average molecular weight is 444 g/mol. The molecule has 8 nitrogen and oxygen atoms in total. The van der Waals surface area contributed by atoms with E-state index in [2.05, 4.69) is 20.6 Å². The molecule has 0 radical (unpaired) electrons. The molecule has 31 heavy (non-hydrogen) atoms. The Morgan fingerprint density at radius 1 is 1.26 bits per heavy atom. The van der Waals surface area contributed by atoms with Crippen LogP contribution in [0.2, 0.25) is 5.02 Å². The number of carbonyl (C=O) groups excluding carboxylic acids is 3. The summed E-state index contributed by atoms with van der Waals surface area (Å²) >= 11 is 6.10. The number of nitrogens with one attached hydrogen (secondary N) is 3. The third kappa shape index (κ3) is 4.17. The van der Waals surface area contributed by atoms with E-state index in [-0.39, 0.29) is 40.6 Å². The van der Waals surface area contributed by atoms with Crippen molar-refractivity contribution < 1.29 is 14.4 Å². The SMILES string of the molecule is CCNC(=O)c1[nH]cnc1C(=O)NC1CCC2(CC1)CCN(c1cccc(Cl)c1)C2=O. The molecular weight excluding hydrogens is 418 g/mol. The van der Waals surface area contributed by atoms with Crippen LogP contribution in [0.4, 0.5) is 5.69 Å². The molecule has 2 heterocycles. The lowest BCUT2D eigenvalue weighted by Crippen LogP contribution is -2.44. The summed E-state index contributed by atoms with van der Waals surface area (Å²) in [7, 11) is 0. The first-order valence-corrected chi connectivity index (χ1v) is 11.0. The van der Waals surface area contributed by atoms with E-state index in [0.717, 1.165) is 24.9 Å². The highest BCUT2D eigenvalue weighted by molar-refractivity contribution is 6.31. The highest BCUT2D eigenvalue weighted by atomic mass is 35.5. The van der Waals surface area contributed by atoms with Crippen molar-refractivity contribution in [3.05, 3.63) is 47.0 Å². The molecule has 3 N–H and O–H groups in total. The number of aromatic amines is 1. The smallest absolute Gasteiger partial charge is 0.272 e. The molecule has 4 rings (SSSR count). The Balaban J connectivity index is 1.37. The molecule has 1 aromatic heterocycles. The van der Waals surface area contributed by atoms with Crippen LogP contribution in [-0.2, 0) is 4.79 Å². The van der Waals surface area contributed by atoms with Crippen molar-refractivity contribution in [2.45, 2.75) is 45.1 Å². The summed E-state index contributed by atoms with van der Waals surface area (Å²) in [4.78, 5) is 46.6. The molecule has 1 saturated heterocycles. The quantitative estimate of drug-likeness (QED) is 0.660. The molecule has 0 bridgehead atoms. The van der Waals surface area contributed by atoms with E-state index < -0.39 is 0 Å². The number of anilines is 1.